The molecule has 3 N–H and O–H groups in total. The first-order valence-corrected chi connectivity index (χ1v) is 9.51. The topological polar surface area (TPSA) is 75.3 Å². The summed E-state index contributed by atoms with van der Waals surface area (Å²) in [7, 11) is 0. The van der Waals surface area contributed by atoms with E-state index in [1.165, 1.54) is 18.3 Å². The maximum atomic E-state index is 11.5. The van der Waals surface area contributed by atoms with Crippen LogP contribution < -0.4 is 20.7 Å². The van der Waals surface area contributed by atoms with Gasteiger partial charge in [-0.3, -0.25) is 4.79 Å². The molecule has 1 aliphatic heterocycles. The number of hydrogen-bond donors (Lipinski definition) is 3. The van der Waals surface area contributed by atoms with Gasteiger partial charge in [0, 0.05) is 36.4 Å². The number of amides is 1. The van der Waals surface area contributed by atoms with Gasteiger partial charge in [-0.15, -0.1) is 17.9 Å². The van der Waals surface area contributed by atoms with Crippen molar-refractivity contribution in [2.75, 3.05) is 18.5 Å². The summed E-state index contributed by atoms with van der Waals surface area (Å²) in [5.74, 6) is 0.760. The zero-order valence-electron chi connectivity index (χ0n) is 14.4. The van der Waals surface area contributed by atoms with Gasteiger partial charge in [0.1, 0.15) is 5.75 Å². The Morgan fingerprint density at radius 1 is 1.54 bits per heavy atom. The fourth-order valence-corrected chi connectivity index (χ4v) is 3.69. The SMILES string of the molecule is C=CCNC(=S)Nc1nc(-c2ccc3c(c2)C(NC(C)=O)CCO3)cs1. The molecular formula is C18H20N4O2S2. The van der Waals surface area contributed by atoms with E-state index in [2.05, 4.69) is 27.5 Å². The molecule has 0 spiro atoms. The van der Waals surface area contributed by atoms with Crippen LogP contribution in [0.15, 0.2) is 36.2 Å². The first-order chi connectivity index (χ1) is 12.6. The molecule has 1 aromatic heterocycles. The molecule has 0 radical (unpaired) electrons. The zero-order chi connectivity index (χ0) is 18.5. The lowest BCUT2D eigenvalue weighted by Crippen LogP contribution is -2.30. The van der Waals surface area contributed by atoms with Crippen molar-refractivity contribution in [3.63, 3.8) is 0 Å². The highest BCUT2D eigenvalue weighted by molar-refractivity contribution is 7.80. The first-order valence-electron chi connectivity index (χ1n) is 8.22. The average molecular weight is 389 g/mol. The minimum atomic E-state index is -0.0473. The summed E-state index contributed by atoms with van der Waals surface area (Å²) >= 11 is 6.68. The van der Waals surface area contributed by atoms with Gasteiger partial charge in [-0.2, -0.15) is 0 Å². The molecule has 1 atom stereocenters. The summed E-state index contributed by atoms with van der Waals surface area (Å²) in [6.45, 7) is 6.36. The van der Waals surface area contributed by atoms with Gasteiger partial charge in [-0.25, -0.2) is 4.98 Å². The summed E-state index contributed by atoms with van der Waals surface area (Å²) in [4.78, 5) is 16.1. The van der Waals surface area contributed by atoms with Crippen LogP contribution in [0.1, 0.15) is 24.9 Å². The third-order valence-electron chi connectivity index (χ3n) is 3.85. The second kappa shape index (κ2) is 8.29. The Morgan fingerprint density at radius 2 is 2.38 bits per heavy atom. The molecule has 0 saturated carbocycles. The van der Waals surface area contributed by atoms with Gasteiger partial charge >= 0.3 is 0 Å². The van der Waals surface area contributed by atoms with E-state index in [4.69, 9.17) is 17.0 Å². The van der Waals surface area contributed by atoms with Crippen molar-refractivity contribution in [2.45, 2.75) is 19.4 Å². The second-order valence-electron chi connectivity index (χ2n) is 5.80. The normalized spacial score (nSPS) is 15.3. The highest BCUT2D eigenvalue weighted by atomic mass is 32.1. The Bertz CT molecular complexity index is 834. The number of nitrogens with zero attached hydrogens (tertiary/aromatic N) is 1. The molecule has 6 nitrogen and oxygen atoms in total. The fourth-order valence-electron chi connectivity index (χ4n) is 2.72. The number of carbonyl (C=O) groups excluding carboxylic acids is 1. The molecular weight excluding hydrogens is 368 g/mol. The van der Waals surface area contributed by atoms with E-state index >= 15 is 0 Å². The number of benzene rings is 1. The van der Waals surface area contributed by atoms with Crippen LogP contribution in [0.25, 0.3) is 11.3 Å². The van der Waals surface area contributed by atoms with Crippen molar-refractivity contribution in [1.82, 2.24) is 15.6 Å². The summed E-state index contributed by atoms with van der Waals surface area (Å²) in [6.07, 6.45) is 2.49. The van der Waals surface area contributed by atoms with Crippen LogP contribution in [0.5, 0.6) is 5.75 Å². The Balaban J connectivity index is 1.79. The minimum Gasteiger partial charge on any atom is -0.493 e. The second-order valence-corrected chi connectivity index (χ2v) is 7.07. The first kappa shape index (κ1) is 18.3. The van der Waals surface area contributed by atoms with Crippen LogP contribution in [0, 0.1) is 0 Å². The molecule has 1 aliphatic rings. The molecule has 0 bridgehead atoms. The highest BCUT2D eigenvalue weighted by Gasteiger charge is 2.23. The molecule has 1 amide bonds. The Kier molecular flexibility index (Phi) is 5.85. The van der Waals surface area contributed by atoms with Crippen molar-refractivity contribution < 1.29 is 9.53 Å². The van der Waals surface area contributed by atoms with Crippen LogP contribution in [0.3, 0.4) is 0 Å². The number of fused-ring (bicyclic) bond motifs is 1. The van der Waals surface area contributed by atoms with E-state index in [-0.39, 0.29) is 11.9 Å². The molecule has 2 aromatic rings. The zero-order valence-corrected chi connectivity index (χ0v) is 16.0. The monoisotopic (exact) mass is 388 g/mol. The minimum absolute atomic E-state index is 0.0388. The van der Waals surface area contributed by atoms with Crippen LogP contribution in [-0.2, 0) is 4.79 Å². The van der Waals surface area contributed by atoms with Crippen molar-refractivity contribution in [3.05, 3.63) is 41.8 Å². The molecule has 0 saturated heterocycles. The lowest BCUT2D eigenvalue weighted by atomic mass is 9.97. The molecule has 0 aliphatic carbocycles. The fraction of sp³-hybridized carbons (Fsp3) is 0.278. The van der Waals surface area contributed by atoms with Crippen molar-refractivity contribution in [1.29, 1.82) is 0 Å². The molecule has 136 valence electrons. The van der Waals surface area contributed by atoms with E-state index in [9.17, 15) is 4.79 Å². The summed E-state index contributed by atoms with van der Waals surface area (Å²) in [6, 6.07) is 5.90. The number of ether oxygens (including phenoxy) is 1. The van der Waals surface area contributed by atoms with Crippen molar-refractivity contribution in [3.8, 4) is 17.0 Å². The van der Waals surface area contributed by atoms with Crippen LogP contribution in [0.2, 0.25) is 0 Å². The lowest BCUT2D eigenvalue weighted by Gasteiger charge is -2.26. The Labute approximate surface area is 161 Å². The smallest absolute Gasteiger partial charge is 0.217 e. The van der Waals surface area contributed by atoms with E-state index in [1.54, 1.807) is 6.08 Å². The largest absolute Gasteiger partial charge is 0.493 e. The molecule has 0 fully saturated rings. The quantitative estimate of drug-likeness (QED) is 0.539. The molecule has 2 heterocycles. The summed E-state index contributed by atoms with van der Waals surface area (Å²) < 4.78 is 5.71. The number of thiazole rings is 1. The van der Waals surface area contributed by atoms with Gasteiger partial charge in [0.05, 0.1) is 18.3 Å². The predicted molar refractivity (Wildman–Crippen MR) is 109 cm³/mol. The third kappa shape index (κ3) is 4.39. The number of rotatable bonds is 5. The van der Waals surface area contributed by atoms with E-state index in [0.717, 1.165) is 29.0 Å². The molecule has 8 heteroatoms. The maximum absolute atomic E-state index is 11.5. The number of nitrogens with one attached hydrogen (secondary N) is 3. The van der Waals surface area contributed by atoms with Crippen LogP contribution >= 0.6 is 23.6 Å². The van der Waals surface area contributed by atoms with Gasteiger partial charge in [-0.1, -0.05) is 6.08 Å². The number of thiocarbonyl (C=S) groups is 1. The number of aromatic nitrogens is 1. The predicted octanol–water partition coefficient (Wildman–Crippen LogP) is 3.24. The highest BCUT2D eigenvalue weighted by Crippen LogP contribution is 2.36. The van der Waals surface area contributed by atoms with Gasteiger partial charge in [0.15, 0.2) is 10.2 Å². The molecule has 26 heavy (non-hydrogen) atoms. The van der Waals surface area contributed by atoms with Gasteiger partial charge in [-0.05, 0) is 30.4 Å². The molecule has 1 aromatic carbocycles. The summed E-state index contributed by atoms with van der Waals surface area (Å²) in [5, 5.41) is 12.2. The Morgan fingerprint density at radius 3 is 3.15 bits per heavy atom. The van der Waals surface area contributed by atoms with Crippen molar-refractivity contribution in [2.24, 2.45) is 0 Å². The molecule has 1 unspecified atom stereocenters. The summed E-state index contributed by atoms with van der Waals surface area (Å²) in [5.41, 5.74) is 2.80. The average Bonchev–Trinajstić information content (AvgIpc) is 3.08. The third-order valence-corrected chi connectivity index (χ3v) is 4.86. The standard InChI is InChI=1S/C18H20N4O2S2/c1-3-7-19-17(25)22-18-21-15(10-26-18)12-4-5-16-13(9-12)14(6-8-24-16)20-11(2)23/h3-5,9-10,14H,1,6-8H2,2H3,(H,20,23)(H2,19,21,22,25). The molecule has 3 rings (SSSR count). The van der Waals surface area contributed by atoms with Gasteiger partial charge < -0.3 is 20.7 Å². The Hall–Kier alpha value is -2.45. The van der Waals surface area contributed by atoms with Gasteiger partial charge in [0.2, 0.25) is 5.91 Å². The van der Waals surface area contributed by atoms with Gasteiger partial charge in [0.25, 0.3) is 0 Å². The van der Waals surface area contributed by atoms with E-state index in [0.29, 0.717) is 23.4 Å². The van der Waals surface area contributed by atoms with Crippen LogP contribution in [-0.4, -0.2) is 29.2 Å². The number of anilines is 1. The maximum Gasteiger partial charge on any atom is 0.217 e. The van der Waals surface area contributed by atoms with Crippen LogP contribution in [0.4, 0.5) is 5.13 Å². The van der Waals surface area contributed by atoms with E-state index < -0.39 is 0 Å². The lowest BCUT2D eigenvalue weighted by molar-refractivity contribution is -0.119. The van der Waals surface area contributed by atoms with Crippen molar-refractivity contribution >= 4 is 39.7 Å². The number of hydrogen-bond acceptors (Lipinski definition) is 5. The number of carbonyl (C=O) groups is 1. The van der Waals surface area contributed by atoms with E-state index in [1.807, 2.05) is 23.6 Å².